The Kier molecular flexibility index (Phi) is 4.73. The maximum atomic E-state index is 11.3. The van der Waals surface area contributed by atoms with E-state index >= 15 is 0 Å². The molecule has 1 N–H and O–H groups in total. The average Bonchev–Trinajstić information content (AvgIpc) is 2.16. The standard InChI is InChI=1S/C10H19NO4S/c1-2-3-9(8-10(12)13)11-4-6-16(14,15)7-5-11/h9H,2-8H2,1H3,(H,12,13). The van der Waals surface area contributed by atoms with Crippen LogP contribution in [0.1, 0.15) is 26.2 Å². The number of aliphatic carboxylic acids is 1. The quantitative estimate of drug-likeness (QED) is 0.761. The zero-order chi connectivity index (χ0) is 12.2. The monoisotopic (exact) mass is 249 g/mol. The second-order valence-corrected chi connectivity index (χ2v) is 6.53. The smallest absolute Gasteiger partial charge is 0.304 e. The van der Waals surface area contributed by atoms with Crippen LogP contribution < -0.4 is 0 Å². The van der Waals surface area contributed by atoms with Gasteiger partial charge in [-0.05, 0) is 6.42 Å². The molecule has 1 rings (SSSR count). The molecule has 1 atom stereocenters. The minimum absolute atomic E-state index is 0.0157. The Morgan fingerprint density at radius 3 is 2.38 bits per heavy atom. The summed E-state index contributed by atoms with van der Waals surface area (Å²) < 4.78 is 22.5. The third kappa shape index (κ3) is 4.09. The second-order valence-electron chi connectivity index (χ2n) is 4.23. The van der Waals surface area contributed by atoms with Crippen molar-refractivity contribution in [2.75, 3.05) is 24.6 Å². The number of nitrogens with zero attached hydrogens (tertiary/aromatic N) is 1. The molecule has 0 radical (unpaired) electrons. The van der Waals surface area contributed by atoms with E-state index in [0.717, 1.165) is 12.8 Å². The van der Waals surface area contributed by atoms with Crippen LogP contribution in [0.15, 0.2) is 0 Å². The van der Waals surface area contributed by atoms with Gasteiger partial charge in [-0.25, -0.2) is 8.42 Å². The summed E-state index contributed by atoms with van der Waals surface area (Å²) >= 11 is 0. The highest BCUT2D eigenvalue weighted by Crippen LogP contribution is 2.15. The molecule has 1 unspecified atom stereocenters. The van der Waals surface area contributed by atoms with E-state index < -0.39 is 15.8 Å². The molecule has 0 aliphatic carbocycles. The van der Waals surface area contributed by atoms with Crippen LogP contribution in [0.25, 0.3) is 0 Å². The Hall–Kier alpha value is -0.620. The lowest BCUT2D eigenvalue weighted by Gasteiger charge is -2.33. The zero-order valence-corrected chi connectivity index (χ0v) is 10.4. The topological polar surface area (TPSA) is 74.7 Å². The first kappa shape index (κ1) is 13.4. The molecule has 1 saturated heterocycles. The Morgan fingerprint density at radius 2 is 1.94 bits per heavy atom. The number of carboxylic acids is 1. The van der Waals surface area contributed by atoms with Crippen LogP contribution in [0.4, 0.5) is 0 Å². The van der Waals surface area contributed by atoms with Gasteiger partial charge in [0.2, 0.25) is 0 Å². The van der Waals surface area contributed by atoms with Gasteiger partial charge in [-0.15, -0.1) is 0 Å². The van der Waals surface area contributed by atoms with E-state index in [-0.39, 0.29) is 24.0 Å². The maximum absolute atomic E-state index is 11.3. The summed E-state index contributed by atoms with van der Waals surface area (Å²) in [5, 5.41) is 8.80. The van der Waals surface area contributed by atoms with Crippen LogP contribution in [-0.4, -0.2) is 55.0 Å². The van der Waals surface area contributed by atoms with Gasteiger partial charge in [0.05, 0.1) is 17.9 Å². The van der Waals surface area contributed by atoms with E-state index in [9.17, 15) is 13.2 Å². The molecular weight excluding hydrogens is 230 g/mol. The van der Waals surface area contributed by atoms with Crippen molar-refractivity contribution < 1.29 is 18.3 Å². The lowest BCUT2D eigenvalue weighted by Crippen LogP contribution is -2.46. The first-order valence-corrected chi connectivity index (χ1v) is 7.43. The molecule has 16 heavy (non-hydrogen) atoms. The maximum Gasteiger partial charge on any atom is 0.304 e. The molecule has 1 fully saturated rings. The summed E-state index contributed by atoms with van der Waals surface area (Å²) in [7, 11) is -2.88. The molecule has 0 aromatic carbocycles. The molecule has 1 aliphatic heterocycles. The summed E-state index contributed by atoms with van der Waals surface area (Å²) in [5.74, 6) is -0.494. The van der Waals surface area contributed by atoms with E-state index in [2.05, 4.69) is 0 Å². The van der Waals surface area contributed by atoms with E-state index in [1.165, 1.54) is 0 Å². The molecule has 0 aromatic heterocycles. The number of carbonyl (C=O) groups is 1. The van der Waals surface area contributed by atoms with E-state index in [1.807, 2.05) is 11.8 Å². The van der Waals surface area contributed by atoms with Gasteiger partial charge in [-0.1, -0.05) is 13.3 Å². The third-order valence-corrected chi connectivity index (χ3v) is 4.54. The molecule has 0 bridgehead atoms. The van der Waals surface area contributed by atoms with Gasteiger partial charge in [0.25, 0.3) is 0 Å². The molecule has 5 nitrogen and oxygen atoms in total. The van der Waals surface area contributed by atoms with Crippen molar-refractivity contribution in [3.05, 3.63) is 0 Å². The minimum Gasteiger partial charge on any atom is -0.481 e. The normalized spacial score (nSPS) is 22.8. The predicted molar refractivity (Wildman–Crippen MR) is 61.2 cm³/mol. The zero-order valence-electron chi connectivity index (χ0n) is 9.55. The van der Waals surface area contributed by atoms with Gasteiger partial charge in [-0.2, -0.15) is 0 Å². The third-order valence-electron chi connectivity index (χ3n) is 2.93. The van der Waals surface area contributed by atoms with Gasteiger partial charge in [0, 0.05) is 19.1 Å². The van der Waals surface area contributed by atoms with E-state index in [4.69, 9.17) is 5.11 Å². The van der Waals surface area contributed by atoms with Crippen molar-refractivity contribution in [1.82, 2.24) is 4.90 Å². The van der Waals surface area contributed by atoms with E-state index in [1.54, 1.807) is 0 Å². The highest BCUT2D eigenvalue weighted by Gasteiger charge is 2.27. The molecule has 94 valence electrons. The highest BCUT2D eigenvalue weighted by atomic mass is 32.2. The number of rotatable bonds is 5. The Labute approximate surface area is 96.4 Å². The number of hydrogen-bond donors (Lipinski definition) is 1. The summed E-state index contributed by atoms with van der Waals surface area (Å²) in [6, 6.07) is -0.0157. The average molecular weight is 249 g/mol. The molecule has 1 heterocycles. The van der Waals surface area contributed by atoms with Crippen molar-refractivity contribution >= 4 is 15.8 Å². The Bertz CT molecular complexity index is 325. The van der Waals surface area contributed by atoms with Crippen molar-refractivity contribution in [2.45, 2.75) is 32.2 Å². The van der Waals surface area contributed by atoms with Crippen LogP contribution in [0.3, 0.4) is 0 Å². The van der Waals surface area contributed by atoms with E-state index in [0.29, 0.717) is 13.1 Å². The molecule has 1 aliphatic rings. The summed E-state index contributed by atoms with van der Waals surface area (Å²) in [6.45, 7) is 2.95. The first-order chi connectivity index (χ1) is 7.44. The minimum atomic E-state index is -2.88. The molecule has 0 aromatic rings. The van der Waals surface area contributed by atoms with Gasteiger partial charge in [0.1, 0.15) is 0 Å². The van der Waals surface area contributed by atoms with Crippen LogP contribution in [0.5, 0.6) is 0 Å². The fraction of sp³-hybridized carbons (Fsp3) is 0.900. The molecular formula is C10H19NO4S. The van der Waals surface area contributed by atoms with Crippen LogP contribution >= 0.6 is 0 Å². The van der Waals surface area contributed by atoms with Crippen molar-refractivity contribution in [2.24, 2.45) is 0 Å². The first-order valence-electron chi connectivity index (χ1n) is 5.61. The Morgan fingerprint density at radius 1 is 1.38 bits per heavy atom. The fourth-order valence-corrected chi connectivity index (χ4v) is 3.27. The fourth-order valence-electron chi connectivity index (χ4n) is 2.04. The van der Waals surface area contributed by atoms with Crippen LogP contribution in [-0.2, 0) is 14.6 Å². The number of sulfone groups is 1. The SMILES string of the molecule is CCCC(CC(=O)O)N1CCS(=O)(=O)CC1. The molecule has 0 spiro atoms. The summed E-state index contributed by atoms with van der Waals surface area (Å²) in [6.07, 6.45) is 1.83. The Balaban J connectivity index is 2.56. The predicted octanol–water partition coefficient (Wildman–Crippen LogP) is 0.360. The molecule has 0 saturated carbocycles. The van der Waals surface area contributed by atoms with Crippen molar-refractivity contribution in [1.29, 1.82) is 0 Å². The van der Waals surface area contributed by atoms with Crippen molar-refractivity contribution in [3.63, 3.8) is 0 Å². The van der Waals surface area contributed by atoms with Crippen molar-refractivity contribution in [3.8, 4) is 0 Å². The van der Waals surface area contributed by atoms with Gasteiger partial charge < -0.3 is 5.11 Å². The van der Waals surface area contributed by atoms with Crippen LogP contribution in [0.2, 0.25) is 0 Å². The summed E-state index contributed by atoms with van der Waals surface area (Å²) in [4.78, 5) is 12.7. The molecule has 0 amide bonds. The highest BCUT2D eigenvalue weighted by molar-refractivity contribution is 7.91. The van der Waals surface area contributed by atoms with Crippen LogP contribution in [0, 0.1) is 0 Å². The largest absolute Gasteiger partial charge is 0.481 e. The molecule has 6 heteroatoms. The lowest BCUT2D eigenvalue weighted by molar-refractivity contribution is -0.138. The number of carboxylic acid groups (broad SMARTS) is 1. The van der Waals surface area contributed by atoms with Gasteiger partial charge in [0.15, 0.2) is 9.84 Å². The lowest BCUT2D eigenvalue weighted by atomic mass is 10.1. The number of hydrogen-bond acceptors (Lipinski definition) is 4. The van der Waals surface area contributed by atoms with Gasteiger partial charge >= 0.3 is 5.97 Å². The van der Waals surface area contributed by atoms with Gasteiger partial charge in [-0.3, -0.25) is 9.69 Å². The summed E-state index contributed by atoms with van der Waals surface area (Å²) in [5.41, 5.74) is 0. The second kappa shape index (κ2) is 5.63.